The first kappa shape index (κ1) is 20.2. The number of nitrogens with two attached hydrogens (primary N) is 1. The van der Waals surface area contributed by atoms with Gasteiger partial charge in [-0.1, -0.05) is 0 Å². The summed E-state index contributed by atoms with van der Waals surface area (Å²) >= 11 is 4.41. The average molecular weight is 394 g/mol. The molecule has 0 spiro atoms. The first-order valence-electron chi connectivity index (χ1n) is 7.94. The van der Waals surface area contributed by atoms with Crippen LogP contribution in [0.3, 0.4) is 0 Å². The fourth-order valence-electron chi connectivity index (χ4n) is 2.53. The van der Waals surface area contributed by atoms with Gasteiger partial charge in [-0.05, 0) is 12.1 Å². The number of guanidine groups is 1. The van der Waals surface area contributed by atoms with Gasteiger partial charge in [0.25, 0.3) is 0 Å². The molecule has 0 aromatic heterocycles. The fraction of sp³-hybridized carbons (Fsp3) is 0.312. The average Bonchev–Trinajstić information content (AvgIpc) is 2.61. The monoisotopic (exact) mass is 394 g/mol. The second-order valence-corrected chi connectivity index (χ2v) is 5.96. The third-order valence-corrected chi connectivity index (χ3v) is 4.12. The number of hydrogen-bond donors (Lipinski definition) is 6. The normalized spacial score (nSPS) is 16.1. The minimum absolute atomic E-state index is 0.224. The van der Waals surface area contributed by atoms with Crippen LogP contribution >= 0.6 is 12.6 Å². The third kappa shape index (κ3) is 5.20. The van der Waals surface area contributed by atoms with Crippen molar-refractivity contribution >= 4 is 36.2 Å². The second-order valence-electron chi connectivity index (χ2n) is 5.47. The lowest BCUT2D eigenvalue weighted by Crippen LogP contribution is -2.50. The molecule has 2 rings (SSSR count). The van der Waals surface area contributed by atoms with Crippen LogP contribution in [0.1, 0.15) is 5.56 Å². The Hall–Kier alpha value is -3.08. The zero-order chi connectivity index (χ0) is 20.0. The molecular formula is C16H22N6O4S. The van der Waals surface area contributed by atoms with Crippen molar-refractivity contribution in [3.8, 4) is 11.5 Å². The molecule has 0 saturated carbocycles. The minimum atomic E-state index is -0.595. The molecule has 1 unspecified atom stereocenters. The highest BCUT2D eigenvalue weighted by Gasteiger charge is 2.27. The van der Waals surface area contributed by atoms with E-state index in [0.717, 1.165) is 0 Å². The molecule has 0 fully saturated rings. The van der Waals surface area contributed by atoms with E-state index in [-0.39, 0.29) is 12.5 Å². The van der Waals surface area contributed by atoms with Crippen LogP contribution in [-0.4, -0.2) is 55.6 Å². The van der Waals surface area contributed by atoms with Gasteiger partial charge in [-0.15, -0.1) is 12.6 Å². The Morgan fingerprint density at radius 1 is 1.41 bits per heavy atom. The van der Waals surface area contributed by atoms with Gasteiger partial charge in [0.2, 0.25) is 5.91 Å². The zero-order valence-electron chi connectivity index (χ0n) is 14.9. The number of rotatable bonds is 6. The van der Waals surface area contributed by atoms with Crippen LogP contribution in [0.15, 0.2) is 24.3 Å². The second kappa shape index (κ2) is 9.03. The van der Waals surface area contributed by atoms with Crippen LogP contribution in [0.4, 0.5) is 4.79 Å². The topological polar surface area (TPSA) is 142 Å². The molecular weight excluding hydrogens is 372 g/mol. The number of carbonyl (C=O) groups is 2. The quantitative estimate of drug-likeness (QED) is 0.226. The van der Waals surface area contributed by atoms with E-state index in [4.69, 9.17) is 20.6 Å². The third-order valence-electron chi connectivity index (χ3n) is 3.71. The number of methoxy groups -OCH3 is 2. The number of amides is 3. The number of benzene rings is 1. The highest BCUT2D eigenvalue weighted by Crippen LogP contribution is 2.34. The molecule has 0 saturated heterocycles. The molecule has 1 aliphatic rings. The molecule has 1 aromatic rings. The van der Waals surface area contributed by atoms with E-state index in [0.29, 0.717) is 29.3 Å². The van der Waals surface area contributed by atoms with Crippen molar-refractivity contribution in [2.75, 3.05) is 27.3 Å². The Bertz CT molecular complexity index is 769. The maximum absolute atomic E-state index is 12.0. The maximum atomic E-state index is 12.0. The van der Waals surface area contributed by atoms with Crippen molar-refractivity contribution in [2.24, 2.45) is 5.73 Å². The number of ether oxygens (including phenoxy) is 2. The van der Waals surface area contributed by atoms with Gasteiger partial charge in [-0.2, -0.15) is 0 Å². The summed E-state index contributed by atoms with van der Waals surface area (Å²) < 4.78 is 10.6. The van der Waals surface area contributed by atoms with Crippen molar-refractivity contribution in [3.05, 3.63) is 29.8 Å². The van der Waals surface area contributed by atoms with Crippen LogP contribution in [0.5, 0.6) is 11.5 Å². The van der Waals surface area contributed by atoms with Gasteiger partial charge in [-0.25, -0.2) is 4.79 Å². The zero-order valence-corrected chi connectivity index (χ0v) is 15.8. The molecule has 1 aliphatic heterocycles. The largest absolute Gasteiger partial charge is 0.497 e. The van der Waals surface area contributed by atoms with Gasteiger partial charge >= 0.3 is 6.03 Å². The molecule has 1 atom stereocenters. The first-order valence-corrected chi connectivity index (χ1v) is 8.45. The smallest absolute Gasteiger partial charge is 0.321 e. The minimum Gasteiger partial charge on any atom is -0.497 e. The van der Waals surface area contributed by atoms with Gasteiger partial charge < -0.3 is 30.7 Å². The lowest BCUT2D eigenvalue weighted by molar-refractivity contribution is -0.117. The van der Waals surface area contributed by atoms with Crippen LogP contribution in [0.2, 0.25) is 0 Å². The molecule has 1 aromatic carbocycles. The number of urea groups is 1. The predicted molar refractivity (Wildman–Crippen MR) is 104 cm³/mol. The summed E-state index contributed by atoms with van der Waals surface area (Å²) in [5.41, 5.74) is 5.78. The molecule has 146 valence electrons. The lowest BCUT2D eigenvalue weighted by atomic mass is 10.1. The summed E-state index contributed by atoms with van der Waals surface area (Å²) in [6, 6.07) is 4.67. The van der Waals surface area contributed by atoms with E-state index in [1.54, 1.807) is 30.2 Å². The van der Waals surface area contributed by atoms with Gasteiger partial charge in [-0.3, -0.25) is 15.5 Å². The molecule has 0 aliphatic carbocycles. The van der Waals surface area contributed by atoms with Gasteiger partial charge in [0.1, 0.15) is 17.0 Å². The molecule has 27 heavy (non-hydrogen) atoms. The van der Waals surface area contributed by atoms with Crippen LogP contribution < -0.4 is 31.2 Å². The van der Waals surface area contributed by atoms with E-state index in [1.165, 1.54) is 13.2 Å². The number of nitrogens with one attached hydrogen (secondary N) is 4. The summed E-state index contributed by atoms with van der Waals surface area (Å²) in [5, 5.41) is 14.4. The van der Waals surface area contributed by atoms with Crippen molar-refractivity contribution < 1.29 is 19.1 Å². The maximum Gasteiger partial charge on any atom is 0.321 e. The molecule has 0 bridgehead atoms. The number of carbonyl (C=O) groups excluding carboxylic acids is 2. The molecule has 3 amide bonds. The molecule has 10 nitrogen and oxygen atoms in total. The molecule has 6 N–H and O–H groups in total. The Morgan fingerprint density at radius 2 is 2.15 bits per heavy atom. The summed E-state index contributed by atoms with van der Waals surface area (Å²) in [7, 11) is 3.08. The van der Waals surface area contributed by atoms with E-state index in [2.05, 4.69) is 28.6 Å². The molecule has 0 radical (unpaired) electrons. The van der Waals surface area contributed by atoms with Crippen molar-refractivity contribution in [3.63, 3.8) is 0 Å². The Kier molecular flexibility index (Phi) is 6.77. The van der Waals surface area contributed by atoms with Gasteiger partial charge in [0, 0.05) is 30.8 Å². The van der Waals surface area contributed by atoms with Crippen molar-refractivity contribution in [1.82, 2.24) is 20.9 Å². The fourth-order valence-corrected chi connectivity index (χ4v) is 2.89. The number of nitrogens with zero attached hydrogens (tertiary/aromatic N) is 1. The van der Waals surface area contributed by atoms with E-state index in [9.17, 15) is 9.59 Å². The Labute approximate surface area is 162 Å². The van der Waals surface area contributed by atoms with E-state index >= 15 is 0 Å². The van der Waals surface area contributed by atoms with Gasteiger partial charge in [0.05, 0.1) is 19.9 Å². The van der Waals surface area contributed by atoms with E-state index < -0.39 is 17.5 Å². The van der Waals surface area contributed by atoms with Crippen LogP contribution in [-0.2, 0) is 4.79 Å². The highest BCUT2D eigenvalue weighted by atomic mass is 32.1. The number of hydrogen-bond acceptors (Lipinski definition) is 7. The van der Waals surface area contributed by atoms with Crippen LogP contribution in [0.25, 0.3) is 5.70 Å². The number of thiol groups is 1. The summed E-state index contributed by atoms with van der Waals surface area (Å²) in [5.74, 6) is 0.408. The molecule has 11 heteroatoms. The standard InChI is InChI=1S/C16H22N6O4S/c1-25-9-3-4-10(12(7-9)26-2)11-8-13(23)20-16(27)22(11)6-5-19-15(24)21-14(17)18/h3-4,7-8,16,27H,5-6H2,1-2H3,(H,20,23)(H5,17,18,19,21,24). The Morgan fingerprint density at radius 3 is 2.78 bits per heavy atom. The molecule has 1 heterocycles. The summed E-state index contributed by atoms with van der Waals surface area (Å²) in [6.45, 7) is 0.558. The predicted octanol–water partition coefficient (Wildman–Crippen LogP) is -0.117. The Balaban J connectivity index is 2.22. The first-order chi connectivity index (χ1) is 12.8. The van der Waals surface area contributed by atoms with Crippen molar-refractivity contribution in [1.29, 1.82) is 5.41 Å². The van der Waals surface area contributed by atoms with Crippen LogP contribution in [0, 0.1) is 5.41 Å². The van der Waals surface area contributed by atoms with E-state index in [1.807, 2.05) is 0 Å². The summed E-state index contributed by atoms with van der Waals surface area (Å²) in [4.78, 5) is 25.3. The lowest BCUT2D eigenvalue weighted by Gasteiger charge is -2.36. The summed E-state index contributed by atoms with van der Waals surface area (Å²) in [6.07, 6.45) is 1.44. The van der Waals surface area contributed by atoms with Crippen molar-refractivity contribution in [2.45, 2.75) is 5.50 Å². The van der Waals surface area contributed by atoms with Gasteiger partial charge in [0.15, 0.2) is 5.96 Å². The highest BCUT2D eigenvalue weighted by molar-refractivity contribution is 7.80. The SMILES string of the molecule is COc1ccc(C2=CC(=O)NC(S)N2CCNC(=O)NC(=N)N)c(OC)c1.